The van der Waals surface area contributed by atoms with Crippen LogP contribution in [-0.4, -0.2) is 17.4 Å². The summed E-state index contributed by atoms with van der Waals surface area (Å²) in [5.41, 5.74) is 5.18. The first-order valence-corrected chi connectivity index (χ1v) is 7.29. The van der Waals surface area contributed by atoms with Crippen molar-refractivity contribution in [2.24, 2.45) is 0 Å². The lowest BCUT2D eigenvalue weighted by Gasteiger charge is -2.18. The van der Waals surface area contributed by atoms with E-state index in [9.17, 15) is 4.79 Å². The monoisotopic (exact) mass is 281 g/mol. The van der Waals surface area contributed by atoms with Gasteiger partial charge in [-0.1, -0.05) is 6.07 Å². The summed E-state index contributed by atoms with van der Waals surface area (Å²) in [5.74, 6) is -0.0273. The van der Waals surface area contributed by atoms with E-state index in [4.69, 9.17) is 0 Å². The Labute approximate surface area is 124 Å². The second-order valence-corrected chi connectivity index (χ2v) is 5.39. The van der Waals surface area contributed by atoms with Gasteiger partial charge in [0.25, 0.3) is 0 Å². The minimum absolute atomic E-state index is 0.0273. The number of hydrogen-bond acceptors (Lipinski definition) is 3. The predicted molar refractivity (Wildman–Crippen MR) is 84.6 cm³/mol. The second kappa shape index (κ2) is 5.95. The number of nitrogens with one attached hydrogen (secondary N) is 2. The topological polar surface area (TPSA) is 54.0 Å². The average Bonchev–Trinajstić information content (AvgIpc) is 2.49. The molecule has 0 aliphatic carbocycles. The van der Waals surface area contributed by atoms with Crippen LogP contribution in [0.2, 0.25) is 0 Å². The van der Waals surface area contributed by atoms with E-state index in [2.05, 4.69) is 21.7 Å². The Hall–Kier alpha value is -2.36. The fourth-order valence-corrected chi connectivity index (χ4v) is 2.61. The van der Waals surface area contributed by atoms with Crippen LogP contribution >= 0.6 is 0 Å². The molecule has 1 amide bonds. The first-order chi connectivity index (χ1) is 10.2. The van der Waals surface area contributed by atoms with E-state index in [1.165, 1.54) is 11.3 Å². The van der Waals surface area contributed by atoms with Gasteiger partial charge < -0.3 is 10.6 Å². The molecule has 4 nitrogen and oxygen atoms in total. The van der Waals surface area contributed by atoms with Crippen LogP contribution in [0.1, 0.15) is 23.2 Å². The van der Waals surface area contributed by atoms with E-state index < -0.39 is 0 Å². The van der Waals surface area contributed by atoms with Crippen molar-refractivity contribution in [3.8, 4) is 0 Å². The number of anilines is 2. The van der Waals surface area contributed by atoms with E-state index in [0.29, 0.717) is 6.42 Å². The molecular formula is C17H19N3O. The number of carbonyl (C=O) groups excluding carboxylic acids is 1. The predicted octanol–water partition coefficient (Wildman–Crippen LogP) is 2.93. The highest BCUT2D eigenvalue weighted by atomic mass is 16.1. The number of amides is 1. The number of benzene rings is 1. The van der Waals surface area contributed by atoms with Crippen LogP contribution in [0.5, 0.6) is 0 Å². The Balaban J connectivity index is 1.69. The Bertz CT molecular complexity index is 667. The lowest BCUT2D eigenvalue weighted by Crippen LogP contribution is -2.17. The van der Waals surface area contributed by atoms with Crippen LogP contribution in [-0.2, 0) is 17.6 Å². The average molecular weight is 281 g/mol. The molecule has 0 saturated heterocycles. The van der Waals surface area contributed by atoms with Crippen molar-refractivity contribution in [3.63, 3.8) is 0 Å². The zero-order valence-corrected chi connectivity index (χ0v) is 12.1. The van der Waals surface area contributed by atoms with Crippen molar-refractivity contribution in [3.05, 3.63) is 53.3 Å². The summed E-state index contributed by atoms with van der Waals surface area (Å²) in [4.78, 5) is 16.4. The maximum Gasteiger partial charge on any atom is 0.230 e. The molecule has 2 heterocycles. The van der Waals surface area contributed by atoms with Gasteiger partial charge in [0, 0.05) is 24.1 Å². The van der Waals surface area contributed by atoms with Crippen molar-refractivity contribution >= 4 is 17.3 Å². The summed E-state index contributed by atoms with van der Waals surface area (Å²) in [6.45, 7) is 3.00. The second-order valence-electron chi connectivity index (χ2n) is 5.39. The fourth-order valence-electron chi connectivity index (χ4n) is 2.61. The third-order valence-electron chi connectivity index (χ3n) is 3.77. The number of carbonyl (C=O) groups is 1. The van der Waals surface area contributed by atoms with Gasteiger partial charge in [-0.05, 0) is 55.2 Å². The Kier molecular flexibility index (Phi) is 3.86. The fraction of sp³-hybridized carbons (Fsp3) is 0.294. The van der Waals surface area contributed by atoms with E-state index >= 15 is 0 Å². The number of pyridine rings is 1. The molecule has 0 spiro atoms. The molecule has 1 aliphatic heterocycles. The van der Waals surface area contributed by atoms with Crippen LogP contribution in [0.15, 0.2) is 36.5 Å². The third kappa shape index (κ3) is 3.21. The highest BCUT2D eigenvalue weighted by Crippen LogP contribution is 2.25. The molecular weight excluding hydrogens is 262 g/mol. The molecule has 3 rings (SSSR count). The number of aromatic nitrogens is 1. The van der Waals surface area contributed by atoms with Gasteiger partial charge in [-0.15, -0.1) is 0 Å². The normalized spacial score (nSPS) is 13.2. The van der Waals surface area contributed by atoms with Gasteiger partial charge >= 0.3 is 0 Å². The van der Waals surface area contributed by atoms with Gasteiger partial charge in [0.05, 0.1) is 12.1 Å². The molecule has 2 aromatic rings. The summed E-state index contributed by atoms with van der Waals surface area (Å²) >= 11 is 0. The SMILES string of the molecule is Cc1cccnc1CC(=O)Nc1ccc2c(c1)CCCN2. The van der Waals surface area contributed by atoms with Gasteiger partial charge in [0.15, 0.2) is 0 Å². The van der Waals surface area contributed by atoms with Crippen molar-refractivity contribution in [2.75, 3.05) is 17.2 Å². The number of rotatable bonds is 3. The molecule has 21 heavy (non-hydrogen) atoms. The van der Waals surface area contributed by atoms with Crippen molar-refractivity contribution < 1.29 is 4.79 Å². The van der Waals surface area contributed by atoms with Crippen LogP contribution in [0.4, 0.5) is 11.4 Å². The molecule has 0 unspecified atom stereocenters. The maximum atomic E-state index is 12.1. The highest BCUT2D eigenvalue weighted by Gasteiger charge is 2.11. The summed E-state index contributed by atoms with van der Waals surface area (Å²) < 4.78 is 0. The molecule has 0 bridgehead atoms. The lowest BCUT2D eigenvalue weighted by molar-refractivity contribution is -0.115. The first-order valence-electron chi connectivity index (χ1n) is 7.29. The van der Waals surface area contributed by atoms with E-state index in [1.807, 2.05) is 31.2 Å². The van der Waals surface area contributed by atoms with Crippen molar-refractivity contribution in [1.82, 2.24) is 4.98 Å². The summed E-state index contributed by atoms with van der Waals surface area (Å²) in [5, 5.41) is 6.33. The van der Waals surface area contributed by atoms with Crippen LogP contribution in [0.3, 0.4) is 0 Å². The van der Waals surface area contributed by atoms with Gasteiger partial charge in [-0.25, -0.2) is 0 Å². The quantitative estimate of drug-likeness (QED) is 0.909. The molecule has 1 aromatic carbocycles. The standard InChI is InChI=1S/C17H19N3O/c1-12-4-2-8-19-16(12)11-17(21)20-14-6-7-15-13(10-14)5-3-9-18-15/h2,4,6-8,10,18H,3,5,9,11H2,1H3,(H,20,21). The number of aryl methyl sites for hydroxylation is 2. The van der Waals surface area contributed by atoms with Gasteiger partial charge in [0.1, 0.15) is 0 Å². The molecule has 4 heteroatoms. The first kappa shape index (κ1) is 13.6. The van der Waals surface area contributed by atoms with Crippen LogP contribution < -0.4 is 10.6 Å². The molecule has 0 fully saturated rings. The zero-order chi connectivity index (χ0) is 14.7. The Morgan fingerprint density at radius 1 is 1.38 bits per heavy atom. The van der Waals surface area contributed by atoms with E-state index in [0.717, 1.165) is 36.3 Å². The minimum atomic E-state index is -0.0273. The highest BCUT2D eigenvalue weighted by molar-refractivity contribution is 5.92. The van der Waals surface area contributed by atoms with Crippen LogP contribution in [0.25, 0.3) is 0 Å². The maximum absolute atomic E-state index is 12.1. The van der Waals surface area contributed by atoms with Crippen LogP contribution in [0, 0.1) is 6.92 Å². The van der Waals surface area contributed by atoms with Crippen molar-refractivity contribution in [1.29, 1.82) is 0 Å². The zero-order valence-electron chi connectivity index (χ0n) is 12.1. The van der Waals surface area contributed by atoms with Gasteiger partial charge in [0.2, 0.25) is 5.91 Å². The number of fused-ring (bicyclic) bond motifs is 1. The lowest BCUT2D eigenvalue weighted by atomic mass is 10.0. The largest absolute Gasteiger partial charge is 0.385 e. The summed E-state index contributed by atoms with van der Waals surface area (Å²) in [7, 11) is 0. The minimum Gasteiger partial charge on any atom is -0.385 e. The molecule has 1 aromatic heterocycles. The Morgan fingerprint density at radius 2 is 2.29 bits per heavy atom. The number of hydrogen-bond donors (Lipinski definition) is 2. The number of nitrogens with zero attached hydrogens (tertiary/aromatic N) is 1. The van der Waals surface area contributed by atoms with Gasteiger partial charge in [-0.3, -0.25) is 9.78 Å². The molecule has 1 aliphatic rings. The summed E-state index contributed by atoms with van der Waals surface area (Å²) in [6.07, 6.45) is 4.23. The summed E-state index contributed by atoms with van der Waals surface area (Å²) in [6, 6.07) is 9.90. The smallest absolute Gasteiger partial charge is 0.230 e. The molecule has 0 atom stereocenters. The molecule has 0 radical (unpaired) electrons. The molecule has 2 N–H and O–H groups in total. The third-order valence-corrected chi connectivity index (χ3v) is 3.77. The van der Waals surface area contributed by atoms with Crippen molar-refractivity contribution in [2.45, 2.75) is 26.2 Å². The van der Waals surface area contributed by atoms with E-state index in [-0.39, 0.29) is 5.91 Å². The van der Waals surface area contributed by atoms with E-state index in [1.54, 1.807) is 6.20 Å². The molecule has 0 saturated carbocycles. The Morgan fingerprint density at radius 3 is 3.14 bits per heavy atom. The molecule has 108 valence electrons. The van der Waals surface area contributed by atoms with Gasteiger partial charge in [-0.2, -0.15) is 0 Å².